The van der Waals surface area contributed by atoms with Crippen LogP contribution in [0.4, 0.5) is 16.2 Å². The highest BCUT2D eigenvalue weighted by Crippen LogP contribution is 2.14. The Labute approximate surface area is 133 Å². The molecule has 2 amide bonds. The number of carbonyl (C=O) groups is 1. The molecule has 0 atom stereocenters. The van der Waals surface area contributed by atoms with Gasteiger partial charge in [0, 0.05) is 37.5 Å². The van der Waals surface area contributed by atoms with Gasteiger partial charge in [-0.15, -0.1) is 0 Å². The third kappa shape index (κ3) is 5.66. The lowest BCUT2D eigenvalue weighted by Crippen LogP contribution is -2.37. The molecule has 0 aliphatic carbocycles. The summed E-state index contributed by atoms with van der Waals surface area (Å²) in [6, 6.07) is 15.5. The van der Waals surface area contributed by atoms with E-state index in [4.69, 9.17) is 0 Å². The van der Waals surface area contributed by atoms with Crippen molar-refractivity contribution in [3.63, 3.8) is 0 Å². The van der Waals surface area contributed by atoms with E-state index in [2.05, 4.69) is 16.0 Å². The molecule has 0 aliphatic heterocycles. The highest BCUT2D eigenvalue weighted by molar-refractivity contribution is 5.73. The summed E-state index contributed by atoms with van der Waals surface area (Å²) in [7, 11) is 0. The van der Waals surface area contributed by atoms with E-state index >= 15 is 0 Å². The summed E-state index contributed by atoms with van der Waals surface area (Å²) < 4.78 is 0. The molecule has 0 aromatic heterocycles. The van der Waals surface area contributed by atoms with E-state index in [1.807, 2.05) is 30.3 Å². The fourth-order valence-electron chi connectivity index (χ4n) is 1.92. The van der Waals surface area contributed by atoms with Crippen LogP contribution in [0.2, 0.25) is 0 Å². The van der Waals surface area contributed by atoms with Crippen LogP contribution in [0.5, 0.6) is 0 Å². The van der Waals surface area contributed by atoms with Crippen LogP contribution in [-0.2, 0) is 6.54 Å². The first-order valence-corrected chi connectivity index (χ1v) is 7.19. The summed E-state index contributed by atoms with van der Waals surface area (Å²) in [5.41, 5.74) is 1.85. The molecule has 7 heteroatoms. The van der Waals surface area contributed by atoms with Crippen LogP contribution in [0.15, 0.2) is 54.6 Å². The number of rotatable bonds is 7. The van der Waals surface area contributed by atoms with Gasteiger partial charge in [0.1, 0.15) is 0 Å². The first kappa shape index (κ1) is 16.3. The Morgan fingerprint density at radius 3 is 2.30 bits per heavy atom. The summed E-state index contributed by atoms with van der Waals surface area (Å²) in [5, 5.41) is 19.1. The molecule has 7 nitrogen and oxygen atoms in total. The first-order chi connectivity index (χ1) is 11.1. The van der Waals surface area contributed by atoms with E-state index < -0.39 is 4.92 Å². The number of carbonyl (C=O) groups excluding carboxylic acids is 1. The van der Waals surface area contributed by atoms with Crippen LogP contribution in [0.3, 0.4) is 0 Å². The standard InChI is InChI=1S/C16H18N4O3/c21-16(19-12-13-4-2-1-3-5-13)18-11-10-17-14-6-8-15(9-7-14)20(22)23/h1-9,17H,10-12H2,(H2,18,19,21). The molecule has 0 aliphatic rings. The van der Waals surface area contributed by atoms with Gasteiger partial charge in [-0.2, -0.15) is 0 Å². The van der Waals surface area contributed by atoms with Gasteiger partial charge in [0.2, 0.25) is 0 Å². The second kappa shape index (κ2) is 8.38. The molecule has 2 rings (SSSR count). The molecule has 0 unspecified atom stereocenters. The van der Waals surface area contributed by atoms with Gasteiger partial charge in [0.25, 0.3) is 5.69 Å². The van der Waals surface area contributed by atoms with Gasteiger partial charge in [-0.25, -0.2) is 4.79 Å². The average Bonchev–Trinajstić information content (AvgIpc) is 2.58. The predicted octanol–water partition coefficient (Wildman–Crippen LogP) is 2.51. The number of hydrogen-bond acceptors (Lipinski definition) is 4. The number of nitro benzene ring substituents is 1. The number of nitrogens with one attached hydrogen (secondary N) is 3. The maximum atomic E-state index is 11.6. The zero-order valence-corrected chi connectivity index (χ0v) is 12.5. The Morgan fingerprint density at radius 1 is 0.957 bits per heavy atom. The third-order valence-electron chi connectivity index (χ3n) is 3.11. The molecule has 3 N–H and O–H groups in total. The molecular weight excluding hydrogens is 296 g/mol. The molecule has 23 heavy (non-hydrogen) atoms. The van der Waals surface area contributed by atoms with Crippen molar-refractivity contribution >= 4 is 17.4 Å². The highest BCUT2D eigenvalue weighted by atomic mass is 16.6. The molecule has 2 aromatic carbocycles. The molecule has 0 heterocycles. The second-order valence-electron chi connectivity index (χ2n) is 4.83. The zero-order valence-electron chi connectivity index (χ0n) is 12.5. The molecule has 2 aromatic rings. The number of non-ortho nitro benzene ring substituents is 1. The monoisotopic (exact) mass is 314 g/mol. The quantitative estimate of drug-likeness (QED) is 0.415. The maximum Gasteiger partial charge on any atom is 0.315 e. The molecule has 0 spiro atoms. The summed E-state index contributed by atoms with van der Waals surface area (Å²) in [6.45, 7) is 1.44. The predicted molar refractivity (Wildman–Crippen MR) is 88.3 cm³/mol. The van der Waals surface area contributed by atoms with Crippen molar-refractivity contribution in [1.82, 2.24) is 10.6 Å². The van der Waals surface area contributed by atoms with Crippen molar-refractivity contribution in [2.75, 3.05) is 18.4 Å². The largest absolute Gasteiger partial charge is 0.383 e. The van der Waals surface area contributed by atoms with Gasteiger partial charge in [-0.1, -0.05) is 30.3 Å². The van der Waals surface area contributed by atoms with Gasteiger partial charge in [-0.3, -0.25) is 10.1 Å². The number of urea groups is 1. The number of amides is 2. The van der Waals surface area contributed by atoms with Crippen LogP contribution < -0.4 is 16.0 Å². The van der Waals surface area contributed by atoms with E-state index in [-0.39, 0.29) is 11.7 Å². The molecule has 120 valence electrons. The lowest BCUT2D eigenvalue weighted by Gasteiger charge is -2.09. The number of nitrogens with zero attached hydrogens (tertiary/aromatic N) is 1. The van der Waals surface area contributed by atoms with Gasteiger partial charge in [0.05, 0.1) is 4.92 Å². The maximum absolute atomic E-state index is 11.6. The van der Waals surface area contributed by atoms with E-state index in [1.54, 1.807) is 12.1 Å². The van der Waals surface area contributed by atoms with Crippen molar-refractivity contribution in [3.8, 4) is 0 Å². The van der Waals surface area contributed by atoms with Crippen LogP contribution in [0, 0.1) is 10.1 Å². The topological polar surface area (TPSA) is 96.3 Å². The Bertz CT molecular complexity index is 644. The van der Waals surface area contributed by atoms with Gasteiger partial charge in [-0.05, 0) is 17.7 Å². The van der Waals surface area contributed by atoms with E-state index in [9.17, 15) is 14.9 Å². The van der Waals surface area contributed by atoms with Crippen molar-refractivity contribution in [1.29, 1.82) is 0 Å². The van der Waals surface area contributed by atoms with E-state index in [0.717, 1.165) is 11.3 Å². The molecule has 0 bridgehead atoms. The summed E-state index contributed by atoms with van der Waals surface area (Å²) in [5.74, 6) is 0. The lowest BCUT2D eigenvalue weighted by molar-refractivity contribution is -0.384. The van der Waals surface area contributed by atoms with E-state index in [1.165, 1.54) is 12.1 Å². The Kier molecular flexibility index (Phi) is 5.93. The van der Waals surface area contributed by atoms with Crippen molar-refractivity contribution in [2.24, 2.45) is 0 Å². The van der Waals surface area contributed by atoms with E-state index in [0.29, 0.717) is 19.6 Å². The third-order valence-corrected chi connectivity index (χ3v) is 3.11. The van der Waals surface area contributed by atoms with Crippen LogP contribution in [0.25, 0.3) is 0 Å². The second-order valence-corrected chi connectivity index (χ2v) is 4.83. The Balaban J connectivity index is 1.63. The van der Waals surface area contributed by atoms with Gasteiger partial charge in [0.15, 0.2) is 0 Å². The molecule has 0 radical (unpaired) electrons. The molecule has 0 fully saturated rings. The molecule has 0 saturated heterocycles. The minimum absolute atomic E-state index is 0.0500. The SMILES string of the molecule is O=C(NCCNc1ccc([N+](=O)[O-])cc1)NCc1ccccc1. The fourth-order valence-corrected chi connectivity index (χ4v) is 1.92. The summed E-state index contributed by atoms with van der Waals surface area (Å²) in [4.78, 5) is 21.7. The number of nitro groups is 1. The van der Waals surface area contributed by atoms with Crippen molar-refractivity contribution < 1.29 is 9.72 Å². The molecular formula is C16H18N4O3. The van der Waals surface area contributed by atoms with Crippen LogP contribution >= 0.6 is 0 Å². The fraction of sp³-hybridized carbons (Fsp3) is 0.188. The molecule has 0 saturated carbocycles. The minimum atomic E-state index is -0.442. The summed E-state index contributed by atoms with van der Waals surface area (Å²) in [6.07, 6.45) is 0. The smallest absolute Gasteiger partial charge is 0.315 e. The zero-order chi connectivity index (χ0) is 16.5. The van der Waals surface area contributed by atoms with Gasteiger partial charge >= 0.3 is 6.03 Å². The minimum Gasteiger partial charge on any atom is -0.383 e. The summed E-state index contributed by atoms with van der Waals surface area (Å²) >= 11 is 0. The normalized spacial score (nSPS) is 9.91. The van der Waals surface area contributed by atoms with Crippen molar-refractivity contribution in [3.05, 3.63) is 70.3 Å². The lowest BCUT2D eigenvalue weighted by atomic mass is 10.2. The van der Waals surface area contributed by atoms with Crippen molar-refractivity contribution in [2.45, 2.75) is 6.54 Å². The first-order valence-electron chi connectivity index (χ1n) is 7.19. The van der Waals surface area contributed by atoms with Crippen LogP contribution in [-0.4, -0.2) is 24.0 Å². The van der Waals surface area contributed by atoms with Crippen LogP contribution in [0.1, 0.15) is 5.56 Å². The Hall–Kier alpha value is -3.09. The number of anilines is 1. The Morgan fingerprint density at radius 2 is 1.65 bits per heavy atom. The average molecular weight is 314 g/mol. The highest BCUT2D eigenvalue weighted by Gasteiger charge is 2.03. The number of hydrogen-bond donors (Lipinski definition) is 3. The van der Waals surface area contributed by atoms with Gasteiger partial charge < -0.3 is 16.0 Å². The number of benzene rings is 2.